The van der Waals surface area contributed by atoms with Crippen LogP contribution in [0.1, 0.15) is 31.2 Å². The number of likely N-dealkylation sites (N-methyl/N-ethyl adjacent to an activating group) is 1. The number of hydrogen-bond acceptors (Lipinski definition) is 3. The Labute approximate surface area is 158 Å². The van der Waals surface area contributed by atoms with Gasteiger partial charge in [-0.15, -0.1) is 24.8 Å². The van der Waals surface area contributed by atoms with E-state index in [9.17, 15) is 4.79 Å². The van der Waals surface area contributed by atoms with Crippen molar-refractivity contribution in [2.45, 2.75) is 32.1 Å². The maximum Gasteiger partial charge on any atom is 0.224 e. The number of carbonyl (C=O) groups is 1. The molecule has 0 unspecified atom stereocenters. The highest BCUT2D eigenvalue weighted by Gasteiger charge is 2.14. The van der Waals surface area contributed by atoms with Crippen LogP contribution in [0.5, 0.6) is 0 Å². The molecule has 1 aliphatic heterocycles. The molecule has 1 aromatic carbocycles. The van der Waals surface area contributed by atoms with Crippen LogP contribution in [0.2, 0.25) is 0 Å². The smallest absolute Gasteiger partial charge is 0.224 e. The largest absolute Gasteiger partial charge is 0.326 e. The quantitative estimate of drug-likeness (QED) is 0.767. The van der Waals surface area contributed by atoms with Crippen molar-refractivity contribution in [2.75, 3.05) is 39.0 Å². The number of nitrogens with one attached hydrogen (secondary N) is 2. The number of nitrogens with zero attached hydrogens (tertiary/aromatic N) is 1. The lowest BCUT2D eigenvalue weighted by Gasteiger charge is -2.22. The van der Waals surface area contributed by atoms with E-state index in [1.165, 1.54) is 18.4 Å². The van der Waals surface area contributed by atoms with Crippen LogP contribution in [-0.2, 0) is 11.2 Å². The first-order valence-corrected chi connectivity index (χ1v) is 8.38. The molecule has 0 spiro atoms. The summed E-state index contributed by atoms with van der Waals surface area (Å²) in [6.07, 6.45) is 5.08. The predicted octanol–water partition coefficient (Wildman–Crippen LogP) is 3.35. The van der Waals surface area contributed by atoms with E-state index in [-0.39, 0.29) is 30.7 Å². The van der Waals surface area contributed by atoms with E-state index in [0.29, 0.717) is 12.3 Å². The summed E-state index contributed by atoms with van der Waals surface area (Å²) in [5.74, 6) is 0.847. The van der Waals surface area contributed by atoms with Gasteiger partial charge in [0.05, 0.1) is 0 Å². The van der Waals surface area contributed by atoms with Gasteiger partial charge in [-0.2, -0.15) is 0 Å². The Morgan fingerprint density at radius 2 is 1.79 bits per heavy atom. The molecule has 138 valence electrons. The molecule has 2 N–H and O–H groups in total. The molecule has 0 aliphatic carbocycles. The van der Waals surface area contributed by atoms with Gasteiger partial charge in [0, 0.05) is 18.7 Å². The Bertz CT molecular complexity index is 460. The Hall–Kier alpha value is -0.810. The monoisotopic (exact) mass is 375 g/mol. The number of carbonyl (C=O) groups excluding carboxylic acids is 1. The number of anilines is 1. The van der Waals surface area contributed by atoms with Gasteiger partial charge in [0.15, 0.2) is 0 Å². The second-order valence-electron chi connectivity index (χ2n) is 6.53. The van der Waals surface area contributed by atoms with Gasteiger partial charge in [-0.3, -0.25) is 4.79 Å². The molecule has 1 saturated heterocycles. The van der Waals surface area contributed by atoms with Gasteiger partial charge in [0.25, 0.3) is 0 Å². The molecule has 6 heteroatoms. The summed E-state index contributed by atoms with van der Waals surface area (Å²) in [6, 6.07) is 8.22. The summed E-state index contributed by atoms with van der Waals surface area (Å²) in [4.78, 5) is 14.2. The van der Waals surface area contributed by atoms with E-state index in [4.69, 9.17) is 0 Å². The molecular weight excluding hydrogens is 345 g/mol. The molecule has 1 aliphatic rings. The molecule has 0 atom stereocenters. The standard InChI is InChI=1S/C18H29N3O.2ClH/c1-21(2)14-11-15-3-6-17(7-4-15)20-18(22)8-5-16-9-12-19-13-10-16;;/h3-4,6-7,16,19H,5,8-14H2,1-2H3,(H,20,22);2*1H. The molecule has 1 aromatic rings. The highest BCUT2D eigenvalue weighted by molar-refractivity contribution is 5.90. The normalized spacial score (nSPS) is 14.6. The summed E-state index contributed by atoms with van der Waals surface area (Å²) in [6.45, 7) is 3.24. The molecule has 1 fully saturated rings. The minimum absolute atomic E-state index is 0. The van der Waals surface area contributed by atoms with Crippen molar-refractivity contribution in [3.05, 3.63) is 29.8 Å². The molecule has 0 saturated carbocycles. The van der Waals surface area contributed by atoms with Gasteiger partial charge in [-0.25, -0.2) is 0 Å². The van der Waals surface area contributed by atoms with Crippen molar-refractivity contribution in [1.29, 1.82) is 0 Å². The zero-order valence-electron chi connectivity index (χ0n) is 14.7. The van der Waals surface area contributed by atoms with E-state index in [1.807, 2.05) is 12.1 Å². The van der Waals surface area contributed by atoms with E-state index in [1.54, 1.807) is 0 Å². The lowest BCUT2D eigenvalue weighted by molar-refractivity contribution is -0.116. The van der Waals surface area contributed by atoms with Crippen LogP contribution in [0.25, 0.3) is 0 Å². The highest BCUT2D eigenvalue weighted by atomic mass is 35.5. The van der Waals surface area contributed by atoms with E-state index >= 15 is 0 Å². The Balaban J connectivity index is 0.00000264. The minimum Gasteiger partial charge on any atom is -0.326 e. The predicted molar refractivity (Wildman–Crippen MR) is 107 cm³/mol. The summed E-state index contributed by atoms with van der Waals surface area (Å²) in [5, 5.41) is 6.37. The summed E-state index contributed by atoms with van der Waals surface area (Å²) in [5.41, 5.74) is 2.21. The Morgan fingerprint density at radius 3 is 2.38 bits per heavy atom. The Morgan fingerprint density at radius 1 is 1.17 bits per heavy atom. The number of halogens is 2. The van der Waals surface area contributed by atoms with Gasteiger partial charge < -0.3 is 15.5 Å². The lowest BCUT2D eigenvalue weighted by Crippen LogP contribution is -2.28. The first kappa shape index (κ1) is 23.2. The van der Waals surface area contributed by atoms with Gasteiger partial charge in [-0.1, -0.05) is 12.1 Å². The van der Waals surface area contributed by atoms with Crippen LogP contribution in [0.3, 0.4) is 0 Å². The SMILES string of the molecule is CN(C)CCc1ccc(NC(=O)CCC2CCNCC2)cc1.Cl.Cl. The molecule has 4 nitrogen and oxygen atoms in total. The fourth-order valence-corrected chi connectivity index (χ4v) is 2.84. The first-order chi connectivity index (χ1) is 10.6. The molecule has 24 heavy (non-hydrogen) atoms. The van der Waals surface area contributed by atoms with Gasteiger partial charge in [-0.05, 0) is 76.5 Å². The van der Waals surface area contributed by atoms with E-state index in [2.05, 4.69) is 41.8 Å². The second kappa shape index (κ2) is 12.5. The van der Waals surface area contributed by atoms with Crippen LogP contribution in [0, 0.1) is 5.92 Å². The average molecular weight is 376 g/mol. The third-order valence-corrected chi connectivity index (χ3v) is 4.32. The Kier molecular flexibility index (Phi) is 12.1. The maximum atomic E-state index is 12.0. The summed E-state index contributed by atoms with van der Waals surface area (Å²) < 4.78 is 0. The molecule has 0 radical (unpaired) electrons. The minimum atomic E-state index is 0. The third kappa shape index (κ3) is 8.88. The number of rotatable bonds is 7. The van der Waals surface area contributed by atoms with Gasteiger partial charge >= 0.3 is 0 Å². The number of amides is 1. The van der Waals surface area contributed by atoms with Crippen molar-refractivity contribution < 1.29 is 4.79 Å². The highest BCUT2D eigenvalue weighted by Crippen LogP contribution is 2.18. The fraction of sp³-hybridized carbons (Fsp3) is 0.611. The third-order valence-electron chi connectivity index (χ3n) is 4.32. The lowest BCUT2D eigenvalue weighted by atomic mass is 9.93. The van der Waals surface area contributed by atoms with Crippen LogP contribution < -0.4 is 10.6 Å². The van der Waals surface area contributed by atoms with Crippen molar-refractivity contribution in [2.24, 2.45) is 5.92 Å². The number of piperidine rings is 1. The topological polar surface area (TPSA) is 44.4 Å². The zero-order valence-corrected chi connectivity index (χ0v) is 16.3. The van der Waals surface area contributed by atoms with Crippen molar-refractivity contribution in [1.82, 2.24) is 10.2 Å². The van der Waals surface area contributed by atoms with Crippen LogP contribution in [0.4, 0.5) is 5.69 Å². The second-order valence-corrected chi connectivity index (χ2v) is 6.53. The van der Waals surface area contributed by atoms with Gasteiger partial charge in [0.1, 0.15) is 0 Å². The number of benzene rings is 1. The van der Waals surface area contributed by atoms with Gasteiger partial charge in [0.2, 0.25) is 5.91 Å². The fourth-order valence-electron chi connectivity index (χ4n) is 2.84. The van der Waals surface area contributed by atoms with Crippen LogP contribution in [0.15, 0.2) is 24.3 Å². The van der Waals surface area contributed by atoms with Crippen LogP contribution >= 0.6 is 24.8 Å². The summed E-state index contributed by atoms with van der Waals surface area (Å²) in [7, 11) is 4.16. The maximum absolute atomic E-state index is 12.0. The molecule has 0 aromatic heterocycles. The molecule has 2 rings (SSSR count). The number of hydrogen-bond donors (Lipinski definition) is 2. The molecule has 1 heterocycles. The van der Waals surface area contributed by atoms with E-state index < -0.39 is 0 Å². The molecule has 0 bridgehead atoms. The van der Waals surface area contributed by atoms with Crippen LogP contribution in [-0.4, -0.2) is 44.5 Å². The van der Waals surface area contributed by atoms with Crippen molar-refractivity contribution in [3.63, 3.8) is 0 Å². The zero-order chi connectivity index (χ0) is 15.8. The summed E-state index contributed by atoms with van der Waals surface area (Å²) >= 11 is 0. The molecule has 1 amide bonds. The van der Waals surface area contributed by atoms with E-state index in [0.717, 1.165) is 38.2 Å². The average Bonchev–Trinajstić information content (AvgIpc) is 2.53. The molecular formula is C18H31Cl2N3O. The van der Waals surface area contributed by atoms with Crippen molar-refractivity contribution >= 4 is 36.4 Å². The van der Waals surface area contributed by atoms with Crippen molar-refractivity contribution in [3.8, 4) is 0 Å². The first-order valence-electron chi connectivity index (χ1n) is 8.38.